The molecule has 0 aromatic heterocycles. The summed E-state index contributed by atoms with van der Waals surface area (Å²) in [6.07, 6.45) is 0. The van der Waals surface area contributed by atoms with Gasteiger partial charge in [-0.2, -0.15) is 0 Å². The third-order valence-corrected chi connectivity index (χ3v) is 5.05. The number of nitrogens with one attached hydrogen (secondary N) is 2. The number of ether oxygens (including phenoxy) is 1. The van der Waals surface area contributed by atoms with E-state index >= 15 is 0 Å². The van der Waals surface area contributed by atoms with E-state index in [0.717, 1.165) is 22.4 Å². The van der Waals surface area contributed by atoms with E-state index in [2.05, 4.69) is 10.6 Å². The zero-order chi connectivity index (χ0) is 21.7. The number of ketones is 1. The number of aryl methyl sites for hydroxylation is 2. The average Bonchev–Trinajstić information content (AvgIpc) is 2.75. The largest absolute Gasteiger partial charge is 0.497 e. The van der Waals surface area contributed by atoms with Gasteiger partial charge in [0.1, 0.15) is 11.8 Å². The maximum absolute atomic E-state index is 13.4. The molecule has 0 aliphatic carbocycles. The Morgan fingerprint density at radius 1 is 0.867 bits per heavy atom. The molecule has 1 amide bonds. The van der Waals surface area contributed by atoms with Gasteiger partial charge >= 0.3 is 0 Å². The summed E-state index contributed by atoms with van der Waals surface area (Å²) >= 11 is 0. The first-order chi connectivity index (χ1) is 14.4. The highest BCUT2D eigenvalue weighted by molar-refractivity contribution is 6.02. The lowest BCUT2D eigenvalue weighted by atomic mass is 10.0. The topological polar surface area (TPSA) is 67.4 Å². The molecular weight excluding hydrogens is 376 g/mol. The molecule has 0 saturated heterocycles. The molecule has 0 bridgehead atoms. The van der Waals surface area contributed by atoms with Gasteiger partial charge in [0.2, 0.25) is 0 Å². The van der Waals surface area contributed by atoms with Crippen molar-refractivity contribution in [3.63, 3.8) is 0 Å². The first-order valence-electron chi connectivity index (χ1n) is 9.78. The van der Waals surface area contributed by atoms with Gasteiger partial charge in [-0.15, -0.1) is 0 Å². The molecule has 5 heteroatoms. The van der Waals surface area contributed by atoms with Crippen molar-refractivity contribution < 1.29 is 14.3 Å². The van der Waals surface area contributed by atoms with Gasteiger partial charge in [0.05, 0.1) is 7.11 Å². The van der Waals surface area contributed by atoms with Gasteiger partial charge in [-0.1, -0.05) is 42.5 Å². The predicted octanol–water partition coefficient (Wildman–Crippen LogP) is 5.31. The maximum atomic E-state index is 13.4. The summed E-state index contributed by atoms with van der Waals surface area (Å²) in [5, 5.41) is 6.32. The second kappa shape index (κ2) is 9.27. The molecule has 154 valence electrons. The van der Waals surface area contributed by atoms with E-state index < -0.39 is 6.04 Å². The molecule has 0 aliphatic heterocycles. The number of amides is 1. The minimum absolute atomic E-state index is 0.0678. The number of rotatable bonds is 7. The summed E-state index contributed by atoms with van der Waals surface area (Å²) in [5.74, 6) is 0.425. The van der Waals surface area contributed by atoms with Crippen molar-refractivity contribution in [1.29, 1.82) is 0 Å². The zero-order valence-corrected chi connectivity index (χ0v) is 17.7. The van der Waals surface area contributed by atoms with Crippen molar-refractivity contribution in [3.05, 3.63) is 89.0 Å². The van der Waals surface area contributed by atoms with Gasteiger partial charge in [0.25, 0.3) is 5.91 Å². The summed E-state index contributed by atoms with van der Waals surface area (Å²) in [7, 11) is 1.60. The predicted molar refractivity (Wildman–Crippen MR) is 120 cm³/mol. The first kappa shape index (κ1) is 21.1. The fourth-order valence-electron chi connectivity index (χ4n) is 3.38. The van der Waals surface area contributed by atoms with E-state index in [4.69, 9.17) is 4.74 Å². The minimum atomic E-state index is -0.699. The Morgan fingerprint density at radius 2 is 1.50 bits per heavy atom. The second-order valence-corrected chi connectivity index (χ2v) is 7.21. The molecule has 0 spiro atoms. The van der Waals surface area contributed by atoms with Crippen LogP contribution in [0.5, 0.6) is 5.75 Å². The SMILES string of the molecule is COc1ccc(C(Nc2ccccc2C(C)=O)C(=O)Nc2c(C)cccc2C)cc1. The Hall–Kier alpha value is -3.60. The number of carbonyl (C=O) groups excluding carboxylic acids is 2. The summed E-state index contributed by atoms with van der Waals surface area (Å²) < 4.78 is 5.24. The van der Waals surface area contributed by atoms with Crippen molar-refractivity contribution in [2.75, 3.05) is 17.7 Å². The Kier molecular flexibility index (Phi) is 6.52. The van der Waals surface area contributed by atoms with Gasteiger partial charge in [-0.3, -0.25) is 9.59 Å². The Balaban J connectivity index is 1.99. The number of carbonyl (C=O) groups is 2. The van der Waals surface area contributed by atoms with Crippen molar-refractivity contribution in [3.8, 4) is 5.75 Å². The van der Waals surface area contributed by atoms with Crippen LogP contribution in [0.25, 0.3) is 0 Å². The van der Waals surface area contributed by atoms with E-state index in [9.17, 15) is 9.59 Å². The van der Waals surface area contributed by atoms with E-state index in [-0.39, 0.29) is 11.7 Å². The molecule has 1 unspecified atom stereocenters. The van der Waals surface area contributed by atoms with Crippen LogP contribution in [-0.4, -0.2) is 18.8 Å². The number of hydrogen-bond donors (Lipinski definition) is 2. The van der Waals surface area contributed by atoms with Crippen LogP contribution < -0.4 is 15.4 Å². The van der Waals surface area contributed by atoms with Crippen LogP contribution >= 0.6 is 0 Å². The highest BCUT2D eigenvalue weighted by atomic mass is 16.5. The van der Waals surface area contributed by atoms with Crippen molar-refractivity contribution in [2.45, 2.75) is 26.8 Å². The lowest BCUT2D eigenvalue weighted by Gasteiger charge is -2.22. The summed E-state index contributed by atoms with van der Waals surface area (Å²) in [6, 6.07) is 19.7. The van der Waals surface area contributed by atoms with Crippen LogP contribution in [0.4, 0.5) is 11.4 Å². The molecule has 2 N–H and O–H groups in total. The van der Waals surface area contributed by atoms with Gasteiger partial charge in [-0.05, 0) is 61.7 Å². The third-order valence-electron chi connectivity index (χ3n) is 5.05. The normalized spacial score (nSPS) is 11.5. The molecule has 5 nitrogen and oxygen atoms in total. The fraction of sp³-hybridized carbons (Fsp3) is 0.200. The second-order valence-electron chi connectivity index (χ2n) is 7.21. The fourth-order valence-corrected chi connectivity index (χ4v) is 3.38. The number of methoxy groups -OCH3 is 1. The molecule has 0 aliphatic rings. The van der Waals surface area contributed by atoms with E-state index in [1.165, 1.54) is 6.92 Å². The van der Waals surface area contributed by atoms with Crippen LogP contribution in [0.3, 0.4) is 0 Å². The van der Waals surface area contributed by atoms with Gasteiger partial charge < -0.3 is 15.4 Å². The van der Waals surface area contributed by atoms with Gasteiger partial charge in [0.15, 0.2) is 5.78 Å². The van der Waals surface area contributed by atoms with Crippen LogP contribution in [-0.2, 0) is 4.79 Å². The number of hydrogen-bond acceptors (Lipinski definition) is 4. The average molecular weight is 402 g/mol. The molecule has 1 atom stereocenters. The van der Waals surface area contributed by atoms with Crippen molar-refractivity contribution in [2.24, 2.45) is 0 Å². The summed E-state index contributed by atoms with van der Waals surface area (Å²) in [6.45, 7) is 5.44. The van der Waals surface area contributed by atoms with E-state index in [1.807, 2.05) is 62.4 Å². The molecule has 0 fully saturated rings. The maximum Gasteiger partial charge on any atom is 0.251 e. The van der Waals surface area contributed by atoms with E-state index in [0.29, 0.717) is 17.0 Å². The lowest BCUT2D eigenvalue weighted by Crippen LogP contribution is -2.28. The lowest BCUT2D eigenvalue weighted by molar-refractivity contribution is -0.117. The summed E-state index contributed by atoms with van der Waals surface area (Å²) in [5.41, 5.74) is 4.68. The monoisotopic (exact) mass is 402 g/mol. The van der Waals surface area contributed by atoms with Crippen LogP contribution in [0, 0.1) is 13.8 Å². The van der Waals surface area contributed by atoms with Crippen LogP contribution in [0.15, 0.2) is 66.7 Å². The minimum Gasteiger partial charge on any atom is -0.497 e. The molecule has 3 aromatic rings. The Morgan fingerprint density at radius 3 is 2.10 bits per heavy atom. The van der Waals surface area contributed by atoms with E-state index in [1.54, 1.807) is 25.3 Å². The Bertz CT molecular complexity index is 1040. The standard InChI is InChI=1S/C25H26N2O3/c1-16-8-7-9-17(2)23(16)27-25(29)24(19-12-14-20(30-4)15-13-19)26-22-11-6-5-10-21(22)18(3)28/h5-15,24,26H,1-4H3,(H,27,29). The van der Waals surface area contributed by atoms with Gasteiger partial charge in [0, 0.05) is 16.9 Å². The highest BCUT2D eigenvalue weighted by Crippen LogP contribution is 2.27. The quantitative estimate of drug-likeness (QED) is 0.526. The number of Topliss-reactive ketones (excluding diaryl/α,β-unsaturated/α-hetero) is 1. The highest BCUT2D eigenvalue weighted by Gasteiger charge is 2.23. The van der Waals surface area contributed by atoms with Gasteiger partial charge in [-0.25, -0.2) is 0 Å². The van der Waals surface area contributed by atoms with Crippen LogP contribution in [0.2, 0.25) is 0 Å². The summed E-state index contributed by atoms with van der Waals surface area (Å²) in [4.78, 5) is 25.4. The first-order valence-corrected chi connectivity index (χ1v) is 9.78. The molecule has 3 rings (SSSR count). The molecule has 0 saturated carbocycles. The molecule has 0 radical (unpaired) electrons. The number of anilines is 2. The smallest absolute Gasteiger partial charge is 0.251 e. The molecule has 0 heterocycles. The van der Waals surface area contributed by atoms with Crippen molar-refractivity contribution >= 4 is 23.1 Å². The zero-order valence-electron chi connectivity index (χ0n) is 17.7. The Labute approximate surface area is 177 Å². The molecular formula is C25H26N2O3. The molecule has 30 heavy (non-hydrogen) atoms. The molecule has 3 aromatic carbocycles. The number of benzene rings is 3. The van der Waals surface area contributed by atoms with Crippen molar-refractivity contribution in [1.82, 2.24) is 0 Å². The number of para-hydroxylation sites is 2. The third kappa shape index (κ3) is 4.69. The van der Waals surface area contributed by atoms with Crippen LogP contribution in [0.1, 0.15) is 40.0 Å².